The molecule has 0 amide bonds. The number of carbonyl (C=O) groups is 1. The number of nitrogens with zero attached hydrogens (tertiary/aromatic N) is 2. The van der Waals surface area contributed by atoms with Gasteiger partial charge in [-0.05, 0) is 62.5 Å². The summed E-state index contributed by atoms with van der Waals surface area (Å²) in [7, 11) is 0. The van der Waals surface area contributed by atoms with Crippen LogP contribution in [0.25, 0.3) is 11.1 Å². The Morgan fingerprint density at radius 1 is 0.971 bits per heavy atom. The summed E-state index contributed by atoms with van der Waals surface area (Å²) >= 11 is 0. The van der Waals surface area contributed by atoms with Crippen molar-refractivity contribution in [3.63, 3.8) is 0 Å². The molecule has 0 aromatic heterocycles. The first kappa shape index (κ1) is 26.4. The first-order chi connectivity index (χ1) is 16.5. The Balaban J connectivity index is 0.000000355. The largest absolute Gasteiger partial charge is 1.00 e. The fourth-order valence-electron chi connectivity index (χ4n) is 6.44. The van der Waals surface area contributed by atoms with Gasteiger partial charge in [-0.25, -0.2) is 4.79 Å². The highest BCUT2D eigenvalue weighted by Gasteiger charge is 2.50. The predicted octanol–water partition coefficient (Wildman–Crippen LogP) is 2.62. The Kier molecular flexibility index (Phi) is 8.40. The summed E-state index contributed by atoms with van der Waals surface area (Å²) < 4.78 is 7.51. The molecule has 2 atom stereocenters. The monoisotopic (exact) mass is 540 g/mol. The van der Waals surface area contributed by atoms with Gasteiger partial charge >= 0.3 is 5.97 Å². The molecule has 1 aromatic rings. The maximum absolute atomic E-state index is 13.7. The Labute approximate surface area is 222 Å². The molecule has 0 saturated carbocycles. The van der Waals surface area contributed by atoms with E-state index in [0.29, 0.717) is 5.92 Å². The summed E-state index contributed by atoms with van der Waals surface area (Å²) in [6, 6.07) is 18.8. The molecule has 190 valence electrons. The maximum atomic E-state index is 13.7. The molecule has 6 aliphatic rings. The van der Waals surface area contributed by atoms with E-state index >= 15 is 0 Å². The van der Waals surface area contributed by atoms with Crippen LogP contribution in [0.5, 0.6) is 0 Å². The Hall–Kier alpha value is -1.69. The van der Waals surface area contributed by atoms with Crippen LogP contribution in [0.3, 0.4) is 0 Å². The third kappa shape index (κ3) is 5.52. The van der Waals surface area contributed by atoms with Crippen LogP contribution in [0.15, 0.2) is 54.6 Å². The molecule has 0 radical (unpaired) electrons. The van der Waals surface area contributed by atoms with E-state index in [9.17, 15) is 4.79 Å². The van der Waals surface area contributed by atoms with Crippen LogP contribution >= 0.6 is 0 Å². The number of hydrogen-bond donors (Lipinski definition) is 0. The molecule has 7 rings (SSSR count). The van der Waals surface area contributed by atoms with Crippen molar-refractivity contribution in [2.24, 2.45) is 5.92 Å². The highest BCUT2D eigenvalue weighted by atomic mass is 79.9. The van der Waals surface area contributed by atoms with Crippen molar-refractivity contribution >= 4 is 5.97 Å². The average Bonchev–Trinajstić information content (AvgIpc) is 3.59. The zero-order valence-electron chi connectivity index (χ0n) is 21.4. The van der Waals surface area contributed by atoms with E-state index in [-0.39, 0.29) is 29.1 Å². The van der Waals surface area contributed by atoms with Gasteiger partial charge in [0.2, 0.25) is 0 Å². The predicted molar refractivity (Wildman–Crippen MR) is 137 cm³/mol. The molecular weight excluding hydrogens is 500 g/mol. The lowest BCUT2D eigenvalue weighted by molar-refractivity contribution is -0.944. The second kappa shape index (κ2) is 11.1. The minimum absolute atomic E-state index is 0. The smallest absolute Gasteiger partial charge is 0.331 e. The fraction of sp³-hybridized carbons (Fsp3) is 0.567. The molecule has 1 aromatic carbocycles. The van der Waals surface area contributed by atoms with Crippen molar-refractivity contribution in [1.29, 1.82) is 0 Å². The minimum atomic E-state index is -0.686. The van der Waals surface area contributed by atoms with Gasteiger partial charge in [-0.2, -0.15) is 0 Å². The van der Waals surface area contributed by atoms with Crippen molar-refractivity contribution in [2.75, 3.05) is 39.3 Å². The van der Waals surface area contributed by atoms with E-state index in [2.05, 4.69) is 55.1 Å². The molecule has 0 spiro atoms. The molecule has 2 bridgehead atoms. The molecule has 4 fully saturated rings. The highest BCUT2D eigenvalue weighted by Crippen LogP contribution is 2.38. The van der Waals surface area contributed by atoms with Crippen molar-refractivity contribution < 1.29 is 31.0 Å². The summed E-state index contributed by atoms with van der Waals surface area (Å²) in [5.41, 5.74) is 3.24. The van der Waals surface area contributed by atoms with Gasteiger partial charge in [0, 0.05) is 18.8 Å². The van der Waals surface area contributed by atoms with Crippen molar-refractivity contribution in [2.45, 2.75) is 64.0 Å². The van der Waals surface area contributed by atoms with Crippen molar-refractivity contribution in [1.82, 2.24) is 4.90 Å². The molecule has 0 N–H and O–H groups in total. The van der Waals surface area contributed by atoms with E-state index in [1.54, 1.807) is 0 Å². The number of fused-ring (bicyclic) bond motifs is 4. The quantitative estimate of drug-likeness (QED) is 0.368. The third-order valence-corrected chi connectivity index (χ3v) is 9.06. The summed E-state index contributed by atoms with van der Waals surface area (Å²) in [6.07, 6.45) is 7.35. The molecule has 1 unspecified atom stereocenters. The van der Waals surface area contributed by atoms with Gasteiger partial charge in [-0.1, -0.05) is 61.4 Å². The number of benzene rings is 2. The van der Waals surface area contributed by atoms with E-state index in [1.807, 2.05) is 18.2 Å². The number of piperidine rings is 3. The zero-order chi connectivity index (χ0) is 23.6. The van der Waals surface area contributed by atoms with Crippen LogP contribution in [-0.2, 0) is 15.1 Å². The van der Waals surface area contributed by atoms with Crippen molar-refractivity contribution in [3.8, 4) is 11.1 Å². The number of hydrogen-bond acceptors (Lipinski definition) is 3. The van der Waals surface area contributed by atoms with Gasteiger partial charge in [-0.3, -0.25) is 4.90 Å². The molecule has 5 heteroatoms. The molecule has 4 nitrogen and oxygen atoms in total. The second-order valence-electron chi connectivity index (χ2n) is 11.0. The first-order valence-electron chi connectivity index (χ1n) is 13.5. The molecule has 2 aliphatic carbocycles. The van der Waals surface area contributed by atoms with Crippen LogP contribution < -0.4 is 17.0 Å². The van der Waals surface area contributed by atoms with Crippen LogP contribution in [0.2, 0.25) is 0 Å². The van der Waals surface area contributed by atoms with Gasteiger partial charge in [0.25, 0.3) is 0 Å². The molecule has 35 heavy (non-hydrogen) atoms. The SMILES string of the molecule is CC[N+]12CCC(CC1)[C@@H](OC(=O)C(C)(c1ccccc1)N1CCCCCC1)C2.[Br-].c1cc2cc-2c1. The number of likely N-dealkylation sites (N-methyl/N-ethyl adjacent to an activating group) is 1. The lowest BCUT2D eigenvalue weighted by atomic mass is 9.83. The highest BCUT2D eigenvalue weighted by molar-refractivity contribution is 5.82. The van der Waals surface area contributed by atoms with Crippen molar-refractivity contribution in [3.05, 3.63) is 60.2 Å². The third-order valence-electron chi connectivity index (χ3n) is 9.06. The minimum Gasteiger partial charge on any atom is -1.00 e. The normalized spacial score (nSPS) is 28.4. The number of ether oxygens (including phenoxy) is 1. The van der Waals surface area contributed by atoms with Crippen LogP contribution in [0.4, 0.5) is 0 Å². The van der Waals surface area contributed by atoms with E-state index in [0.717, 1.165) is 49.1 Å². The maximum Gasteiger partial charge on any atom is 0.331 e. The topological polar surface area (TPSA) is 29.5 Å². The number of esters is 1. The zero-order valence-corrected chi connectivity index (χ0v) is 23.0. The lowest BCUT2D eigenvalue weighted by Gasteiger charge is -2.52. The number of rotatable bonds is 5. The number of likely N-dealkylation sites (tertiary alicyclic amines) is 1. The Bertz CT molecular complexity index is 964. The van der Waals surface area contributed by atoms with Gasteiger partial charge in [0.05, 0.1) is 19.6 Å². The summed E-state index contributed by atoms with van der Waals surface area (Å²) in [5.74, 6) is 0.522. The van der Waals surface area contributed by atoms with Crippen LogP contribution in [0.1, 0.15) is 57.9 Å². The number of carbonyl (C=O) groups excluding carboxylic acids is 1. The summed E-state index contributed by atoms with van der Waals surface area (Å²) in [4.78, 5) is 16.1. The number of halogens is 1. The summed E-state index contributed by atoms with van der Waals surface area (Å²) in [5, 5.41) is 0. The van der Waals surface area contributed by atoms with Gasteiger partial charge in [0.15, 0.2) is 6.10 Å². The van der Waals surface area contributed by atoms with Gasteiger partial charge in [0.1, 0.15) is 12.1 Å². The number of quaternary nitrogens is 1. The van der Waals surface area contributed by atoms with E-state index in [1.165, 1.54) is 49.9 Å². The first-order valence-corrected chi connectivity index (χ1v) is 13.5. The van der Waals surface area contributed by atoms with Gasteiger partial charge < -0.3 is 26.2 Å². The fourth-order valence-corrected chi connectivity index (χ4v) is 6.44. The van der Waals surface area contributed by atoms with E-state index in [4.69, 9.17) is 4.74 Å². The molecule has 4 heterocycles. The molecule has 4 saturated heterocycles. The molecule has 4 aliphatic heterocycles. The van der Waals surface area contributed by atoms with Gasteiger partial charge in [-0.15, -0.1) is 0 Å². The average molecular weight is 542 g/mol. The van der Waals surface area contributed by atoms with Crippen LogP contribution in [-0.4, -0.2) is 60.7 Å². The van der Waals surface area contributed by atoms with Crippen LogP contribution in [0, 0.1) is 5.92 Å². The summed E-state index contributed by atoms with van der Waals surface area (Å²) in [6.45, 7) is 11.0. The Morgan fingerprint density at radius 3 is 2.11 bits per heavy atom. The molecular formula is C30H41BrN2O2. The lowest BCUT2D eigenvalue weighted by Crippen LogP contribution is -3.00. The van der Waals surface area contributed by atoms with E-state index < -0.39 is 5.54 Å². The Morgan fingerprint density at radius 2 is 1.60 bits per heavy atom. The second-order valence-corrected chi connectivity index (χ2v) is 11.0. The standard InChI is InChI=1S/C24H37N2O2.C6H4.BrH/c1-3-26-17-13-20(14-18-26)22(19-26)28-23(27)24(2,21-11-7-6-8-12-21)25-15-9-4-5-10-16-25;1-2-5-4-6(5)3-1;/h6-8,11-12,20,22H,3-5,9-10,13-19H2,1-2H3;1-4H;1H/q+1;;/p-1/t20?,22-,24?,26?;;/m0../s1.